The molecule has 59 heavy (non-hydrogen) atoms. The molecular weight excluding hydrogens is 711 g/mol. The Hall–Kier alpha value is -6.58. The molecule has 0 N–H and O–H groups in total. The Morgan fingerprint density at radius 2 is 0.729 bits per heavy atom. The van der Waals surface area contributed by atoms with E-state index < -0.39 is 0 Å². The van der Waals surface area contributed by atoms with Crippen LogP contribution >= 0.6 is 0 Å². The Labute approximate surface area is 348 Å². The van der Waals surface area contributed by atoms with E-state index in [0.717, 1.165) is 11.4 Å². The fourth-order valence-corrected chi connectivity index (χ4v) is 9.68. The second-order valence-corrected chi connectivity index (χ2v) is 18.7. The third kappa shape index (κ3) is 5.78. The van der Waals surface area contributed by atoms with Gasteiger partial charge in [-0.25, -0.2) is 0 Å². The summed E-state index contributed by atoms with van der Waals surface area (Å²) in [6.07, 6.45) is 0. The van der Waals surface area contributed by atoms with Crippen molar-refractivity contribution < 1.29 is 0 Å². The number of nitrogens with zero attached hydrogens (tertiary/aromatic N) is 2. The molecular formula is C56H47BN2. The highest BCUT2D eigenvalue weighted by Crippen LogP contribution is 2.47. The first-order valence-electron chi connectivity index (χ1n) is 21.0. The third-order valence-electron chi connectivity index (χ3n) is 12.9. The van der Waals surface area contributed by atoms with Gasteiger partial charge in [-0.1, -0.05) is 163 Å². The van der Waals surface area contributed by atoms with E-state index in [2.05, 4.69) is 227 Å². The van der Waals surface area contributed by atoms with E-state index in [9.17, 15) is 0 Å². The van der Waals surface area contributed by atoms with E-state index in [4.69, 9.17) is 0 Å². The van der Waals surface area contributed by atoms with Gasteiger partial charge in [0.25, 0.3) is 6.71 Å². The molecule has 0 aromatic heterocycles. The van der Waals surface area contributed by atoms with Crippen molar-refractivity contribution in [2.45, 2.75) is 52.4 Å². The second kappa shape index (κ2) is 13.0. The number of benzene rings is 9. The molecule has 0 saturated carbocycles. The molecule has 0 unspecified atom stereocenters. The minimum atomic E-state index is 0.0139. The molecule has 0 radical (unpaired) electrons. The van der Waals surface area contributed by atoms with Crippen LogP contribution < -0.4 is 26.2 Å². The van der Waals surface area contributed by atoms with Gasteiger partial charge in [0.05, 0.1) is 0 Å². The number of anilines is 6. The van der Waals surface area contributed by atoms with Gasteiger partial charge < -0.3 is 9.80 Å². The predicted octanol–water partition coefficient (Wildman–Crippen LogP) is 13.5. The van der Waals surface area contributed by atoms with Gasteiger partial charge in [0.1, 0.15) is 0 Å². The highest BCUT2D eigenvalue weighted by Gasteiger charge is 2.44. The summed E-state index contributed by atoms with van der Waals surface area (Å²) in [5, 5.41) is 7.49. The molecule has 9 aromatic carbocycles. The van der Waals surface area contributed by atoms with Crippen LogP contribution in [0.5, 0.6) is 0 Å². The number of hydrogen-bond donors (Lipinski definition) is 0. The van der Waals surface area contributed by atoms with Gasteiger partial charge in [0.15, 0.2) is 0 Å². The summed E-state index contributed by atoms with van der Waals surface area (Å²) in [7, 11) is 0. The zero-order valence-electron chi connectivity index (χ0n) is 34.7. The van der Waals surface area contributed by atoms with E-state index in [-0.39, 0.29) is 17.5 Å². The zero-order valence-corrected chi connectivity index (χ0v) is 34.7. The van der Waals surface area contributed by atoms with Crippen LogP contribution in [0, 0.1) is 0 Å². The Morgan fingerprint density at radius 3 is 1.15 bits per heavy atom. The highest BCUT2D eigenvalue weighted by molar-refractivity contribution is 7.00. The summed E-state index contributed by atoms with van der Waals surface area (Å²) in [4.78, 5) is 5.11. The first-order valence-corrected chi connectivity index (χ1v) is 21.0. The molecule has 284 valence electrons. The standard InChI is InChI=1S/C56H47BN2/c1-55(2,3)44-21-25-46(26-22-44)58-50-32-40-17-11-9-15-38(40)30-48(50)57-49-31-39-16-10-12-18-41(39)33-51(49)59(47-27-23-45(24-28-47)56(4,5)6)53-35-43(34-52(58)54(53)57)42-20-19-36-13-7-8-14-37(36)29-42/h7-35H,1-6H3. The van der Waals surface area contributed by atoms with Crippen molar-refractivity contribution in [2.24, 2.45) is 0 Å². The molecule has 0 amide bonds. The predicted molar refractivity (Wildman–Crippen MR) is 256 cm³/mol. The van der Waals surface area contributed by atoms with Crippen LogP contribution in [0.1, 0.15) is 52.7 Å². The van der Waals surface area contributed by atoms with Gasteiger partial charge in [-0.05, 0) is 136 Å². The topological polar surface area (TPSA) is 6.48 Å². The lowest BCUT2D eigenvalue weighted by molar-refractivity contribution is 0.590. The van der Waals surface area contributed by atoms with Gasteiger partial charge in [-0.2, -0.15) is 0 Å². The Morgan fingerprint density at radius 1 is 0.339 bits per heavy atom. The Balaban J connectivity index is 1.27. The fraction of sp³-hybridized carbons (Fsp3) is 0.143. The maximum atomic E-state index is 2.56. The van der Waals surface area contributed by atoms with E-state index in [1.54, 1.807) is 0 Å². The summed E-state index contributed by atoms with van der Waals surface area (Å²) in [5.41, 5.74) is 16.4. The van der Waals surface area contributed by atoms with Crippen LogP contribution in [0.3, 0.4) is 0 Å². The van der Waals surface area contributed by atoms with Crippen LogP contribution in [0.25, 0.3) is 43.4 Å². The van der Waals surface area contributed by atoms with Gasteiger partial charge in [-0.15, -0.1) is 0 Å². The number of rotatable bonds is 3. The van der Waals surface area contributed by atoms with E-state index in [1.165, 1.54) is 93.7 Å². The molecule has 2 heterocycles. The van der Waals surface area contributed by atoms with E-state index >= 15 is 0 Å². The molecule has 0 saturated heterocycles. The Bertz CT molecular complexity index is 2960. The van der Waals surface area contributed by atoms with Crippen molar-refractivity contribution in [3.05, 3.63) is 187 Å². The molecule has 3 heteroatoms. The van der Waals surface area contributed by atoms with Crippen molar-refractivity contribution >= 4 is 89.5 Å². The van der Waals surface area contributed by atoms with Crippen LogP contribution in [0.15, 0.2) is 176 Å². The molecule has 11 rings (SSSR count). The van der Waals surface area contributed by atoms with E-state index in [1.807, 2.05) is 0 Å². The first-order chi connectivity index (χ1) is 28.5. The van der Waals surface area contributed by atoms with Crippen molar-refractivity contribution in [2.75, 3.05) is 9.80 Å². The number of hydrogen-bond acceptors (Lipinski definition) is 2. The summed E-state index contributed by atoms with van der Waals surface area (Å²) in [6.45, 7) is 13.8. The van der Waals surface area contributed by atoms with Gasteiger partial charge in [-0.3, -0.25) is 0 Å². The molecule has 2 aliphatic heterocycles. The summed E-state index contributed by atoms with van der Waals surface area (Å²) in [5.74, 6) is 0. The average Bonchev–Trinajstić information content (AvgIpc) is 3.24. The minimum Gasteiger partial charge on any atom is -0.311 e. The van der Waals surface area contributed by atoms with Gasteiger partial charge in [0.2, 0.25) is 0 Å². The average molecular weight is 759 g/mol. The first kappa shape index (κ1) is 35.6. The van der Waals surface area contributed by atoms with Gasteiger partial charge in [0, 0.05) is 34.1 Å². The zero-order chi connectivity index (χ0) is 40.2. The number of fused-ring (bicyclic) bond motifs is 7. The largest absolute Gasteiger partial charge is 0.311 e. The van der Waals surface area contributed by atoms with Crippen LogP contribution in [-0.2, 0) is 10.8 Å². The lowest BCUT2D eigenvalue weighted by atomic mass is 9.33. The molecule has 2 aliphatic rings. The smallest absolute Gasteiger partial charge is 0.252 e. The normalized spacial score (nSPS) is 13.5. The summed E-state index contributed by atoms with van der Waals surface area (Å²) >= 11 is 0. The van der Waals surface area contributed by atoms with Crippen LogP contribution in [0.4, 0.5) is 34.1 Å². The minimum absolute atomic E-state index is 0.0139. The molecule has 0 bridgehead atoms. The molecule has 2 nitrogen and oxygen atoms in total. The van der Waals surface area contributed by atoms with Crippen LogP contribution in [0.2, 0.25) is 0 Å². The Kier molecular flexibility index (Phi) is 7.82. The lowest BCUT2D eigenvalue weighted by Crippen LogP contribution is -2.61. The SMILES string of the molecule is CC(C)(C)c1ccc(N2c3cc4ccccc4cc3B3c4cc5ccccc5cc4N(c4ccc(C(C)(C)C)cc4)c4cc(-c5ccc6ccccc6c5)cc2c43)cc1. The van der Waals surface area contributed by atoms with Crippen molar-refractivity contribution in [3.8, 4) is 11.1 Å². The molecule has 0 aliphatic carbocycles. The second-order valence-electron chi connectivity index (χ2n) is 18.7. The quantitative estimate of drug-likeness (QED) is 0.166. The molecule has 0 fully saturated rings. The van der Waals surface area contributed by atoms with Crippen LogP contribution in [-0.4, -0.2) is 6.71 Å². The third-order valence-corrected chi connectivity index (χ3v) is 12.9. The molecule has 0 atom stereocenters. The summed E-state index contributed by atoms with van der Waals surface area (Å²) in [6, 6.07) is 66.7. The lowest BCUT2D eigenvalue weighted by Gasteiger charge is -2.45. The van der Waals surface area contributed by atoms with Crippen molar-refractivity contribution in [1.29, 1.82) is 0 Å². The fourth-order valence-electron chi connectivity index (χ4n) is 9.68. The van der Waals surface area contributed by atoms with Crippen molar-refractivity contribution in [3.63, 3.8) is 0 Å². The van der Waals surface area contributed by atoms with E-state index in [0.29, 0.717) is 0 Å². The maximum absolute atomic E-state index is 2.56. The molecule has 0 spiro atoms. The summed E-state index contributed by atoms with van der Waals surface area (Å²) < 4.78 is 0. The highest BCUT2D eigenvalue weighted by atomic mass is 15.2. The molecule has 9 aromatic rings. The van der Waals surface area contributed by atoms with Gasteiger partial charge >= 0.3 is 0 Å². The van der Waals surface area contributed by atoms with Crippen molar-refractivity contribution in [1.82, 2.24) is 0 Å². The monoisotopic (exact) mass is 758 g/mol. The maximum Gasteiger partial charge on any atom is 0.252 e.